The second kappa shape index (κ2) is 12.6. The van der Waals surface area contributed by atoms with Crippen molar-refractivity contribution in [3.8, 4) is 17.6 Å². The van der Waals surface area contributed by atoms with E-state index >= 15 is 0 Å². The summed E-state index contributed by atoms with van der Waals surface area (Å²) < 4.78 is 20.7. The number of carbonyl (C=O) groups is 1. The molecule has 39 heavy (non-hydrogen) atoms. The molecule has 2 heterocycles. The predicted molar refractivity (Wildman–Crippen MR) is 166 cm³/mol. The molecule has 8 nitrogen and oxygen atoms in total. The van der Waals surface area contributed by atoms with E-state index in [0.717, 1.165) is 12.7 Å². The molecule has 11 heteroatoms. The van der Waals surface area contributed by atoms with Crippen LogP contribution in [-0.4, -0.2) is 29.9 Å². The molecule has 0 saturated carbocycles. The van der Waals surface area contributed by atoms with Gasteiger partial charge in [0.15, 0.2) is 11.4 Å². The molecule has 0 unspecified atom stereocenters. The van der Waals surface area contributed by atoms with Crippen LogP contribution in [0.4, 0.5) is 0 Å². The Labute approximate surface area is 256 Å². The van der Waals surface area contributed by atoms with Crippen LogP contribution in [0.2, 0.25) is 0 Å². The Hall–Kier alpha value is -2.70. The van der Waals surface area contributed by atoms with Crippen LogP contribution >= 0.6 is 56.5 Å². The Kier molecular flexibility index (Phi) is 9.50. The highest BCUT2D eigenvalue weighted by atomic mass is 127. The van der Waals surface area contributed by atoms with Crippen LogP contribution in [-0.2, 0) is 9.53 Å². The Morgan fingerprint density at radius 1 is 1.26 bits per heavy atom. The van der Waals surface area contributed by atoms with Crippen LogP contribution in [0.3, 0.4) is 0 Å². The number of allylic oxidation sites excluding steroid dienone is 1. The summed E-state index contributed by atoms with van der Waals surface area (Å²) in [5.74, 6) is 0.697. The topological polar surface area (TPSA) is 103 Å². The minimum Gasteiger partial charge on any atom is -0.491 e. The molecule has 0 bridgehead atoms. The van der Waals surface area contributed by atoms with Crippen LogP contribution in [0, 0.1) is 18.5 Å². The van der Waals surface area contributed by atoms with Crippen molar-refractivity contribution in [3.63, 3.8) is 0 Å². The fourth-order valence-corrected chi connectivity index (χ4v) is 7.38. The van der Waals surface area contributed by atoms with Gasteiger partial charge in [-0.3, -0.25) is 9.36 Å². The van der Waals surface area contributed by atoms with Gasteiger partial charge in [-0.2, -0.15) is 5.26 Å². The summed E-state index contributed by atoms with van der Waals surface area (Å²) in [6.45, 7) is 7.50. The van der Waals surface area contributed by atoms with E-state index in [1.165, 1.54) is 11.3 Å². The molecule has 0 radical (unpaired) electrons. The average Bonchev–Trinajstić information content (AvgIpc) is 3.17. The largest absolute Gasteiger partial charge is 0.491 e. The third kappa shape index (κ3) is 6.22. The van der Waals surface area contributed by atoms with Gasteiger partial charge in [-0.1, -0.05) is 29.5 Å². The molecule has 0 amide bonds. The van der Waals surface area contributed by atoms with E-state index < -0.39 is 12.0 Å². The Morgan fingerprint density at radius 2 is 1.95 bits per heavy atom. The fraction of sp³-hybridized carbons (Fsp3) is 0.286. The van der Waals surface area contributed by atoms with Gasteiger partial charge in [-0.25, -0.2) is 9.79 Å². The number of halogens is 2. The van der Waals surface area contributed by atoms with Crippen molar-refractivity contribution in [3.05, 3.63) is 85.6 Å². The first kappa shape index (κ1) is 29.3. The summed E-state index contributed by atoms with van der Waals surface area (Å²) in [5.41, 5.74) is 2.01. The van der Waals surface area contributed by atoms with Crippen molar-refractivity contribution in [2.24, 2.45) is 4.99 Å². The van der Waals surface area contributed by atoms with Crippen LogP contribution < -0.4 is 24.4 Å². The molecule has 0 fully saturated rings. The third-order valence-corrected chi connectivity index (χ3v) is 8.28. The summed E-state index contributed by atoms with van der Waals surface area (Å²) in [6, 6.07) is 12.4. The number of carbonyl (C=O) groups excluding carboxylic acids is 1. The number of esters is 1. The lowest BCUT2D eigenvalue weighted by Crippen LogP contribution is -2.40. The maximum absolute atomic E-state index is 13.9. The molecule has 0 aliphatic carbocycles. The predicted octanol–water partition coefficient (Wildman–Crippen LogP) is 4.70. The number of nitriles is 1. The number of para-hydroxylation sites is 1. The summed E-state index contributed by atoms with van der Waals surface area (Å²) >= 11 is 5.57. The quantitative estimate of drug-likeness (QED) is 0.244. The second-order valence-electron chi connectivity index (χ2n) is 8.77. The normalized spacial score (nSPS) is 15.0. The van der Waals surface area contributed by atoms with E-state index in [-0.39, 0.29) is 24.9 Å². The minimum atomic E-state index is -0.764. The van der Waals surface area contributed by atoms with Gasteiger partial charge in [-0.15, -0.1) is 0 Å². The number of hydrogen-bond acceptors (Lipinski definition) is 8. The highest BCUT2D eigenvalue weighted by molar-refractivity contribution is 14.1. The first-order chi connectivity index (χ1) is 18.7. The molecule has 1 aliphatic heterocycles. The van der Waals surface area contributed by atoms with Gasteiger partial charge in [0.1, 0.15) is 23.6 Å². The minimum absolute atomic E-state index is 0.0475. The monoisotopic (exact) mass is 769 g/mol. The Morgan fingerprint density at radius 3 is 2.59 bits per heavy atom. The number of thiazole rings is 1. The van der Waals surface area contributed by atoms with Crippen molar-refractivity contribution in [2.75, 3.05) is 13.2 Å². The average molecular weight is 769 g/mol. The zero-order valence-corrected chi connectivity index (χ0v) is 26.8. The Balaban J connectivity index is 1.93. The van der Waals surface area contributed by atoms with Gasteiger partial charge in [0.2, 0.25) is 0 Å². The molecule has 202 valence electrons. The lowest BCUT2D eigenvalue weighted by Gasteiger charge is -2.26. The van der Waals surface area contributed by atoms with Gasteiger partial charge in [0.25, 0.3) is 5.56 Å². The van der Waals surface area contributed by atoms with E-state index in [2.05, 4.69) is 50.2 Å². The SMILES string of the molecule is CCOC(=O)C1=C(C)N=c2s/c(=C/c3cc(I)c(OCC#N)c(I)c3)c(=O)n2[C@@H]1c1ccccc1OC(C)C. The second-order valence-corrected chi connectivity index (χ2v) is 12.1. The van der Waals surface area contributed by atoms with E-state index in [1.807, 2.05) is 56.3 Å². The summed E-state index contributed by atoms with van der Waals surface area (Å²) in [4.78, 5) is 32.3. The number of fused-ring (bicyclic) bond motifs is 1. The number of hydrogen-bond donors (Lipinski definition) is 0. The van der Waals surface area contributed by atoms with E-state index in [1.54, 1.807) is 24.5 Å². The number of nitrogens with zero attached hydrogens (tertiary/aromatic N) is 3. The molecule has 0 spiro atoms. The van der Waals surface area contributed by atoms with Crippen LogP contribution in [0.1, 0.15) is 44.9 Å². The van der Waals surface area contributed by atoms with Crippen LogP contribution in [0.5, 0.6) is 11.5 Å². The summed E-state index contributed by atoms with van der Waals surface area (Å²) in [6.07, 6.45) is 1.70. The van der Waals surface area contributed by atoms with Gasteiger partial charge >= 0.3 is 5.97 Å². The molecule has 1 atom stereocenters. The molecular weight excluding hydrogens is 744 g/mol. The first-order valence-corrected chi connectivity index (χ1v) is 15.1. The zero-order valence-electron chi connectivity index (χ0n) is 21.7. The lowest BCUT2D eigenvalue weighted by molar-refractivity contribution is -0.139. The van der Waals surface area contributed by atoms with Gasteiger partial charge in [0.05, 0.1) is 35.7 Å². The van der Waals surface area contributed by atoms with E-state index in [9.17, 15) is 9.59 Å². The highest BCUT2D eigenvalue weighted by Crippen LogP contribution is 2.36. The molecule has 4 rings (SSSR count). The molecular formula is C28H25I2N3O5S. The fourth-order valence-electron chi connectivity index (χ4n) is 4.21. The number of rotatable bonds is 8. The van der Waals surface area contributed by atoms with Crippen molar-refractivity contribution >= 4 is 68.6 Å². The van der Waals surface area contributed by atoms with E-state index in [0.29, 0.717) is 37.7 Å². The van der Waals surface area contributed by atoms with Crippen molar-refractivity contribution < 1.29 is 19.0 Å². The van der Waals surface area contributed by atoms with Crippen molar-refractivity contribution in [1.29, 1.82) is 5.26 Å². The zero-order chi connectivity index (χ0) is 28.3. The lowest BCUT2D eigenvalue weighted by atomic mass is 9.95. The highest BCUT2D eigenvalue weighted by Gasteiger charge is 2.35. The summed E-state index contributed by atoms with van der Waals surface area (Å²) in [7, 11) is 0. The molecule has 2 aromatic carbocycles. The number of benzene rings is 2. The third-order valence-electron chi connectivity index (χ3n) is 5.69. The molecule has 0 saturated heterocycles. The number of aromatic nitrogens is 1. The molecule has 1 aromatic heterocycles. The van der Waals surface area contributed by atoms with Gasteiger partial charge in [0, 0.05) is 5.56 Å². The smallest absolute Gasteiger partial charge is 0.338 e. The van der Waals surface area contributed by atoms with Gasteiger partial charge < -0.3 is 14.2 Å². The maximum atomic E-state index is 13.9. The van der Waals surface area contributed by atoms with Crippen molar-refractivity contribution in [1.82, 2.24) is 4.57 Å². The Bertz CT molecular complexity index is 1660. The van der Waals surface area contributed by atoms with E-state index in [4.69, 9.17) is 19.5 Å². The molecule has 1 aliphatic rings. The van der Waals surface area contributed by atoms with Crippen LogP contribution in [0.15, 0.2) is 57.5 Å². The molecule has 0 N–H and O–H groups in total. The standard InChI is InChI=1S/C28H25I2N3O5S/c1-5-36-27(35)23-16(4)32-28-33(24(23)18-8-6-7-9-21(18)38-15(2)3)26(34)22(39-28)14-17-12-19(29)25(20(30)13-17)37-11-10-31/h6-9,12-15,24H,5,11H2,1-4H3/b22-14+/t24-/m1/s1. The maximum Gasteiger partial charge on any atom is 0.338 e. The molecule has 3 aromatic rings. The summed E-state index contributed by atoms with van der Waals surface area (Å²) in [5, 5.41) is 8.86. The van der Waals surface area contributed by atoms with Crippen molar-refractivity contribution in [2.45, 2.75) is 39.8 Å². The van der Waals surface area contributed by atoms with Gasteiger partial charge in [-0.05, 0) is 103 Å². The number of ether oxygens (including phenoxy) is 3. The van der Waals surface area contributed by atoms with Crippen LogP contribution in [0.25, 0.3) is 6.08 Å². The first-order valence-electron chi connectivity index (χ1n) is 12.1.